The molecule has 22 heavy (non-hydrogen) atoms. The first kappa shape index (κ1) is 18.5. The molecule has 5 nitrogen and oxygen atoms in total. The minimum absolute atomic E-state index is 0.0793. The van der Waals surface area contributed by atoms with E-state index in [0.29, 0.717) is 24.6 Å². The Morgan fingerprint density at radius 3 is 2.68 bits per heavy atom. The highest BCUT2D eigenvalue weighted by molar-refractivity contribution is 9.10. The monoisotopic (exact) mass is 370 g/mol. The highest BCUT2D eigenvalue weighted by Crippen LogP contribution is 2.23. The van der Waals surface area contributed by atoms with Gasteiger partial charge in [-0.1, -0.05) is 41.4 Å². The van der Waals surface area contributed by atoms with Crippen molar-refractivity contribution in [1.29, 1.82) is 0 Å². The molecule has 6 heteroatoms. The SMILES string of the molecule is CCCC(Br)C(=O)NCCC(=O)Nc1ccccc1OCC. The van der Waals surface area contributed by atoms with Crippen LogP contribution in [0.3, 0.4) is 0 Å². The smallest absolute Gasteiger partial charge is 0.233 e. The summed E-state index contributed by atoms with van der Waals surface area (Å²) in [6.07, 6.45) is 1.93. The molecule has 1 rings (SSSR count). The van der Waals surface area contributed by atoms with Crippen LogP contribution in [0.5, 0.6) is 5.75 Å². The van der Waals surface area contributed by atoms with Crippen LogP contribution in [0.2, 0.25) is 0 Å². The molecule has 1 aromatic rings. The lowest BCUT2D eigenvalue weighted by Gasteiger charge is -2.12. The normalized spacial score (nSPS) is 11.6. The lowest BCUT2D eigenvalue weighted by atomic mass is 10.2. The standard InChI is InChI=1S/C16H23BrN2O3/c1-3-7-12(17)16(21)18-11-10-15(20)19-13-8-5-6-9-14(13)22-4-2/h5-6,8-9,12H,3-4,7,10-11H2,1-2H3,(H,18,21)(H,19,20). The average molecular weight is 371 g/mol. The Hall–Kier alpha value is -1.56. The molecule has 2 N–H and O–H groups in total. The Morgan fingerprint density at radius 1 is 1.27 bits per heavy atom. The predicted octanol–water partition coefficient (Wildman–Crippen LogP) is 3.09. The van der Waals surface area contributed by atoms with E-state index >= 15 is 0 Å². The molecular weight excluding hydrogens is 348 g/mol. The second kappa shape index (κ2) is 10.2. The zero-order valence-electron chi connectivity index (χ0n) is 13.0. The Morgan fingerprint density at radius 2 is 2.00 bits per heavy atom. The van der Waals surface area contributed by atoms with E-state index < -0.39 is 0 Å². The van der Waals surface area contributed by atoms with Gasteiger partial charge in [0.15, 0.2) is 0 Å². The number of halogens is 1. The summed E-state index contributed by atoms with van der Waals surface area (Å²) in [6.45, 7) is 4.76. The highest BCUT2D eigenvalue weighted by atomic mass is 79.9. The van der Waals surface area contributed by atoms with Crippen LogP contribution in [0.25, 0.3) is 0 Å². The van der Waals surface area contributed by atoms with Crippen molar-refractivity contribution in [2.75, 3.05) is 18.5 Å². The van der Waals surface area contributed by atoms with Gasteiger partial charge in [0, 0.05) is 13.0 Å². The first-order chi connectivity index (χ1) is 10.6. The Kier molecular flexibility index (Phi) is 8.58. The number of benzene rings is 1. The number of anilines is 1. The van der Waals surface area contributed by atoms with E-state index in [2.05, 4.69) is 26.6 Å². The number of hydrogen-bond donors (Lipinski definition) is 2. The van der Waals surface area contributed by atoms with Crippen LogP contribution in [0.1, 0.15) is 33.1 Å². The number of ether oxygens (including phenoxy) is 1. The van der Waals surface area contributed by atoms with Gasteiger partial charge in [0.25, 0.3) is 0 Å². The second-order valence-electron chi connectivity index (χ2n) is 4.77. The zero-order valence-corrected chi connectivity index (χ0v) is 14.6. The number of para-hydroxylation sites is 2. The summed E-state index contributed by atoms with van der Waals surface area (Å²) in [7, 11) is 0. The fourth-order valence-electron chi connectivity index (χ4n) is 1.86. The van der Waals surface area contributed by atoms with Crippen molar-refractivity contribution >= 4 is 33.4 Å². The molecule has 1 unspecified atom stereocenters. The van der Waals surface area contributed by atoms with E-state index in [1.807, 2.05) is 26.0 Å². The molecule has 0 bridgehead atoms. The summed E-state index contributed by atoms with van der Waals surface area (Å²) < 4.78 is 5.45. The van der Waals surface area contributed by atoms with Crippen molar-refractivity contribution in [3.63, 3.8) is 0 Å². The van der Waals surface area contributed by atoms with Gasteiger partial charge in [-0.3, -0.25) is 9.59 Å². The maximum absolute atomic E-state index is 11.9. The number of alkyl halides is 1. The number of rotatable bonds is 9. The third-order valence-electron chi connectivity index (χ3n) is 2.94. The van der Waals surface area contributed by atoms with E-state index in [4.69, 9.17) is 4.74 Å². The van der Waals surface area contributed by atoms with E-state index in [0.717, 1.165) is 12.8 Å². The van der Waals surface area contributed by atoms with Crippen molar-refractivity contribution in [1.82, 2.24) is 5.32 Å². The van der Waals surface area contributed by atoms with Gasteiger partial charge in [-0.15, -0.1) is 0 Å². The van der Waals surface area contributed by atoms with Gasteiger partial charge < -0.3 is 15.4 Å². The molecule has 1 atom stereocenters. The molecule has 122 valence electrons. The Balaban J connectivity index is 2.39. The van der Waals surface area contributed by atoms with Gasteiger partial charge in [-0.25, -0.2) is 0 Å². The van der Waals surface area contributed by atoms with Crippen LogP contribution in [0, 0.1) is 0 Å². The van der Waals surface area contributed by atoms with Crippen LogP contribution in [-0.2, 0) is 9.59 Å². The second-order valence-corrected chi connectivity index (χ2v) is 5.88. The number of amides is 2. The van der Waals surface area contributed by atoms with Gasteiger partial charge in [0.05, 0.1) is 17.1 Å². The highest BCUT2D eigenvalue weighted by Gasteiger charge is 2.13. The zero-order chi connectivity index (χ0) is 16.4. The molecule has 1 aromatic carbocycles. The van der Waals surface area contributed by atoms with Crippen molar-refractivity contribution in [3.8, 4) is 5.75 Å². The quantitative estimate of drug-likeness (QED) is 0.656. The minimum Gasteiger partial charge on any atom is -0.492 e. The van der Waals surface area contributed by atoms with Gasteiger partial charge in [0.1, 0.15) is 5.75 Å². The van der Waals surface area contributed by atoms with Gasteiger partial charge >= 0.3 is 0 Å². The van der Waals surface area contributed by atoms with Gasteiger partial charge in [-0.2, -0.15) is 0 Å². The molecule has 0 radical (unpaired) electrons. The summed E-state index contributed by atoms with van der Waals surface area (Å²) in [6, 6.07) is 7.28. The number of nitrogens with one attached hydrogen (secondary N) is 2. The first-order valence-corrected chi connectivity index (χ1v) is 8.43. The van der Waals surface area contributed by atoms with E-state index in [1.165, 1.54) is 0 Å². The molecule has 0 heterocycles. The molecule has 0 saturated carbocycles. The Labute approximate surface area is 139 Å². The molecule has 0 fully saturated rings. The third-order valence-corrected chi connectivity index (χ3v) is 3.81. The van der Waals surface area contributed by atoms with E-state index in [1.54, 1.807) is 12.1 Å². The fourth-order valence-corrected chi connectivity index (χ4v) is 2.48. The van der Waals surface area contributed by atoms with Crippen molar-refractivity contribution < 1.29 is 14.3 Å². The summed E-state index contributed by atoms with van der Waals surface area (Å²) in [5.41, 5.74) is 0.644. The van der Waals surface area contributed by atoms with Crippen LogP contribution in [0.15, 0.2) is 24.3 Å². The van der Waals surface area contributed by atoms with E-state index in [9.17, 15) is 9.59 Å². The predicted molar refractivity (Wildman–Crippen MR) is 91.5 cm³/mol. The number of carbonyl (C=O) groups is 2. The maximum Gasteiger partial charge on any atom is 0.233 e. The van der Waals surface area contributed by atoms with Gasteiger partial charge in [-0.05, 0) is 25.5 Å². The summed E-state index contributed by atoms with van der Waals surface area (Å²) >= 11 is 3.32. The summed E-state index contributed by atoms with van der Waals surface area (Å²) in [5, 5.41) is 5.54. The van der Waals surface area contributed by atoms with Crippen LogP contribution >= 0.6 is 15.9 Å². The summed E-state index contributed by atoms with van der Waals surface area (Å²) in [4.78, 5) is 23.4. The molecular formula is C16H23BrN2O3. The molecule has 2 amide bonds. The third kappa shape index (κ3) is 6.47. The average Bonchev–Trinajstić information content (AvgIpc) is 2.49. The summed E-state index contributed by atoms with van der Waals surface area (Å²) in [5.74, 6) is 0.407. The molecule has 0 saturated heterocycles. The molecule has 0 aliphatic heterocycles. The lowest BCUT2D eigenvalue weighted by Crippen LogP contribution is -2.33. The molecule has 0 aromatic heterocycles. The maximum atomic E-state index is 11.9. The molecule has 0 spiro atoms. The number of carbonyl (C=O) groups excluding carboxylic acids is 2. The van der Waals surface area contributed by atoms with Crippen molar-refractivity contribution in [2.24, 2.45) is 0 Å². The topological polar surface area (TPSA) is 67.4 Å². The molecule has 0 aliphatic carbocycles. The van der Waals surface area contributed by atoms with Crippen molar-refractivity contribution in [2.45, 2.75) is 37.9 Å². The van der Waals surface area contributed by atoms with Crippen molar-refractivity contribution in [3.05, 3.63) is 24.3 Å². The van der Waals surface area contributed by atoms with Crippen LogP contribution in [-0.4, -0.2) is 29.8 Å². The Bertz CT molecular complexity index is 494. The molecule has 0 aliphatic rings. The minimum atomic E-state index is -0.195. The van der Waals surface area contributed by atoms with Gasteiger partial charge in [0.2, 0.25) is 11.8 Å². The fraction of sp³-hybridized carbons (Fsp3) is 0.500. The lowest BCUT2D eigenvalue weighted by molar-refractivity contribution is -0.120. The van der Waals surface area contributed by atoms with Crippen LogP contribution in [0.4, 0.5) is 5.69 Å². The number of hydrogen-bond acceptors (Lipinski definition) is 3. The first-order valence-electron chi connectivity index (χ1n) is 7.51. The largest absolute Gasteiger partial charge is 0.492 e. The van der Waals surface area contributed by atoms with E-state index in [-0.39, 0.29) is 23.1 Å². The van der Waals surface area contributed by atoms with Crippen LogP contribution < -0.4 is 15.4 Å².